The second-order valence-corrected chi connectivity index (χ2v) is 6.96. The fourth-order valence-corrected chi connectivity index (χ4v) is 3.09. The molecule has 2 N–H and O–H groups in total. The third-order valence-electron chi connectivity index (χ3n) is 3.56. The molecule has 0 spiro atoms. The second-order valence-electron chi connectivity index (χ2n) is 6.01. The van der Waals surface area contributed by atoms with Crippen molar-refractivity contribution in [1.82, 2.24) is 5.32 Å². The smallest absolute Gasteiger partial charge is 0.115 e. The highest BCUT2D eigenvalue weighted by molar-refractivity contribution is 7.10. The molecule has 108 valence electrons. The number of nitrogens with one attached hydrogen (secondary N) is 1. The van der Waals surface area contributed by atoms with Crippen molar-refractivity contribution in [2.45, 2.75) is 38.6 Å². The van der Waals surface area contributed by atoms with Gasteiger partial charge in [0.1, 0.15) is 5.75 Å². The van der Waals surface area contributed by atoms with Gasteiger partial charge in [-0.1, -0.05) is 32.0 Å². The molecular weight excluding hydrogens is 266 g/mol. The van der Waals surface area contributed by atoms with E-state index in [0.29, 0.717) is 11.8 Å². The van der Waals surface area contributed by atoms with Crippen molar-refractivity contribution in [3.63, 3.8) is 0 Å². The number of phenols is 1. The first kappa shape index (κ1) is 15.1. The maximum Gasteiger partial charge on any atom is 0.115 e. The Hall–Kier alpha value is -1.32. The molecule has 0 radical (unpaired) electrons. The van der Waals surface area contributed by atoms with Gasteiger partial charge in [-0.05, 0) is 42.5 Å². The summed E-state index contributed by atoms with van der Waals surface area (Å²) in [4.78, 5) is 1.42. The molecule has 0 aliphatic carbocycles. The Morgan fingerprint density at radius 2 is 1.90 bits per heavy atom. The van der Waals surface area contributed by atoms with Gasteiger partial charge in [0.05, 0.1) is 0 Å². The predicted octanol–water partition coefficient (Wildman–Crippen LogP) is 3.95. The Kier molecular flexibility index (Phi) is 4.84. The van der Waals surface area contributed by atoms with Crippen molar-refractivity contribution >= 4 is 11.3 Å². The van der Waals surface area contributed by atoms with Gasteiger partial charge >= 0.3 is 0 Å². The van der Waals surface area contributed by atoms with Gasteiger partial charge in [-0.25, -0.2) is 0 Å². The van der Waals surface area contributed by atoms with Gasteiger partial charge in [0, 0.05) is 22.9 Å². The largest absolute Gasteiger partial charge is 0.508 e. The number of aromatic hydroxyl groups is 1. The topological polar surface area (TPSA) is 32.3 Å². The zero-order valence-electron chi connectivity index (χ0n) is 12.4. The molecule has 2 aromatic rings. The van der Waals surface area contributed by atoms with E-state index in [1.54, 1.807) is 12.1 Å². The van der Waals surface area contributed by atoms with Gasteiger partial charge in [-0.15, -0.1) is 11.3 Å². The zero-order valence-corrected chi connectivity index (χ0v) is 13.2. The van der Waals surface area contributed by atoms with Crippen LogP contribution in [0.15, 0.2) is 41.8 Å². The Labute approximate surface area is 125 Å². The molecule has 1 unspecified atom stereocenters. The molecule has 0 bridgehead atoms. The second kappa shape index (κ2) is 6.42. The van der Waals surface area contributed by atoms with Gasteiger partial charge in [0.25, 0.3) is 0 Å². The molecule has 3 heteroatoms. The van der Waals surface area contributed by atoms with E-state index in [4.69, 9.17) is 0 Å². The monoisotopic (exact) mass is 289 g/mol. The van der Waals surface area contributed by atoms with Crippen LogP contribution in [0.4, 0.5) is 0 Å². The van der Waals surface area contributed by atoms with Crippen LogP contribution in [0.2, 0.25) is 0 Å². The summed E-state index contributed by atoms with van der Waals surface area (Å²) in [5.41, 5.74) is 1.41. The molecule has 0 saturated heterocycles. The third kappa shape index (κ3) is 4.09. The lowest BCUT2D eigenvalue weighted by molar-refractivity contribution is 0.433. The van der Waals surface area contributed by atoms with Gasteiger partial charge < -0.3 is 10.4 Å². The lowest BCUT2D eigenvalue weighted by atomic mass is 9.91. The fourth-order valence-electron chi connectivity index (χ4n) is 2.24. The van der Waals surface area contributed by atoms with E-state index in [0.717, 1.165) is 13.0 Å². The summed E-state index contributed by atoms with van der Waals surface area (Å²) in [5, 5.41) is 15.0. The van der Waals surface area contributed by atoms with E-state index in [1.807, 2.05) is 23.5 Å². The van der Waals surface area contributed by atoms with Crippen molar-refractivity contribution in [3.8, 4) is 5.75 Å². The molecule has 1 heterocycles. The van der Waals surface area contributed by atoms with Gasteiger partial charge in [-0.3, -0.25) is 0 Å². The van der Waals surface area contributed by atoms with Crippen molar-refractivity contribution in [2.75, 3.05) is 6.54 Å². The summed E-state index contributed by atoms with van der Waals surface area (Å²) >= 11 is 1.82. The molecule has 1 aromatic carbocycles. The van der Waals surface area contributed by atoms with Crippen LogP contribution in [-0.4, -0.2) is 17.7 Å². The number of thiophene rings is 1. The molecule has 0 amide bonds. The van der Waals surface area contributed by atoms with E-state index in [1.165, 1.54) is 10.4 Å². The lowest BCUT2D eigenvalue weighted by Gasteiger charge is -2.26. The van der Waals surface area contributed by atoms with Crippen LogP contribution >= 0.6 is 11.3 Å². The predicted molar refractivity (Wildman–Crippen MR) is 86.6 cm³/mol. The molecule has 2 rings (SSSR count). The van der Waals surface area contributed by atoms with Gasteiger partial charge in [0.2, 0.25) is 0 Å². The average Bonchev–Trinajstić information content (AvgIpc) is 2.94. The zero-order chi connectivity index (χ0) is 14.6. The fraction of sp³-hybridized carbons (Fsp3) is 0.412. The maximum absolute atomic E-state index is 9.29. The van der Waals surface area contributed by atoms with Crippen molar-refractivity contribution in [2.24, 2.45) is 0 Å². The Morgan fingerprint density at radius 1 is 1.20 bits per heavy atom. The average molecular weight is 289 g/mol. The first-order valence-corrected chi connectivity index (χ1v) is 7.90. The van der Waals surface area contributed by atoms with E-state index in [-0.39, 0.29) is 5.41 Å². The van der Waals surface area contributed by atoms with Crippen LogP contribution in [0.5, 0.6) is 5.75 Å². The summed E-state index contributed by atoms with van der Waals surface area (Å²) in [7, 11) is 0. The molecule has 1 aromatic heterocycles. The number of hydrogen-bond donors (Lipinski definition) is 2. The Bertz CT molecular complexity index is 516. The molecule has 20 heavy (non-hydrogen) atoms. The number of benzene rings is 1. The lowest BCUT2D eigenvalue weighted by Crippen LogP contribution is -2.38. The number of rotatable bonds is 6. The van der Waals surface area contributed by atoms with E-state index in [9.17, 15) is 5.11 Å². The van der Waals surface area contributed by atoms with Crippen LogP contribution in [0.25, 0.3) is 0 Å². The van der Waals surface area contributed by atoms with Crippen molar-refractivity contribution < 1.29 is 5.11 Å². The quantitative estimate of drug-likeness (QED) is 0.844. The van der Waals surface area contributed by atoms with Crippen LogP contribution in [0.3, 0.4) is 0 Å². The molecule has 0 aliphatic heterocycles. The molecule has 2 nitrogen and oxygen atoms in total. The van der Waals surface area contributed by atoms with Crippen LogP contribution in [0.1, 0.15) is 31.2 Å². The first-order chi connectivity index (χ1) is 9.47. The molecular formula is C17H23NOS. The minimum absolute atomic E-state index is 0.164. The van der Waals surface area contributed by atoms with E-state index < -0.39 is 0 Å². The number of hydrogen-bond acceptors (Lipinski definition) is 3. The minimum atomic E-state index is 0.164. The summed E-state index contributed by atoms with van der Waals surface area (Å²) in [6.07, 6.45) is 0.973. The molecule has 0 fully saturated rings. The normalized spacial score (nSPS) is 13.3. The maximum atomic E-state index is 9.29. The summed E-state index contributed by atoms with van der Waals surface area (Å²) < 4.78 is 0. The van der Waals surface area contributed by atoms with Crippen LogP contribution in [-0.2, 0) is 11.8 Å². The third-order valence-corrected chi connectivity index (χ3v) is 4.79. The highest BCUT2D eigenvalue weighted by Crippen LogP contribution is 2.26. The SMILES string of the molecule is CC(Cc1ccc(O)cc1)NCC(C)(C)c1cccs1. The highest BCUT2D eigenvalue weighted by atomic mass is 32.1. The summed E-state index contributed by atoms with van der Waals surface area (Å²) in [6, 6.07) is 12.2. The summed E-state index contributed by atoms with van der Waals surface area (Å²) in [6.45, 7) is 7.72. The number of phenolic OH excluding ortho intramolecular Hbond substituents is 1. The molecule has 0 aliphatic rings. The summed E-state index contributed by atoms with van der Waals surface area (Å²) in [5.74, 6) is 0.327. The molecule has 1 atom stereocenters. The van der Waals surface area contributed by atoms with E-state index >= 15 is 0 Å². The van der Waals surface area contributed by atoms with Crippen LogP contribution < -0.4 is 5.32 Å². The van der Waals surface area contributed by atoms with Gasteiger partial charge in [0.15, 0.2) is 0 Å². The first-order valence-electron chi connectivity index (χ1n) is 7.03. The van der Waals surface area contributed by atoms with Crippen molar-refractivity contribution in [1.29, 1.82) is 0 Å². The molecule has 0 saturated carbocycles. The van der Waals surface area contributed by atoms with Crippen molar-refractivity contribution in [3.05, 3.63) is 52.2 Å². The van der Waals surface area contributed by atoms with E-state index in [2.05, 4.69) is 43.6 Å². The minimum Gasteiger partial charge on any atom is -0.508 e. The Balaban J connectivity index is 1.86. The van der Waals surface area contributed by atoms with Gasteiger partial charge in [-0.2, -0.15) is 0 Å². The Morgan fingerprint density at radius 3 is 2.50 bits per heavy atom. The standard InChI is InChI=1S/C17H23NOS/c1-13(11-14-6-8-15(19)9-7-14)18-12-17(2,3)16-5-4-10-20-16/h4-10,13,18-19H,11-12H2,1-3H3. The van der Waals surface area contributed by atoms with Crippen LogP contribution in [0, 0.1) is 0 Å². The highest BCUT2D eigenvalue weighted by Gasteiger charge is 2.22.